The van der Waals surface area contributed by atoms with E-state index in [-0.39, 0.29) is 6.04 Å². The minimum absolute atomic E-state index is 0.0701. The first kappa shape index (κ1) is 14.3. The summed E-state index contributed by atoms with van der Waals surface area (Å²) in [5.74, 6) is 1.57. The molecular weight excluding hydrogens is 252 g/mol. The summed E-state index contributed by atoms with van der Waals surface area (Å²) < 4.78 is 10.7. The maximum absolute atomic E-state index is 5.33. The van der Waals surface area contributed by atoms with Crippen molar-refractivity contribution in [3.63, 3.8) is 0 Å². The Labute approximate surface area is 119 Å². The van der Waals surface area contributed by atoms with Crippen molar-refractivity contribution < 1.29 is 9.47 Å². The SMILES string of the molecule is CNC(c1cc(OC)cc(OC)c1)c1ccnc(C)c1. The maximum Gasteiger partial charge on any atom is 0.122 e. The van der Waals surface area contributed by atoms with E-state index in [1.54, 1.807) is 14.2 Å². The fourth-order valence-corrected chi connectivity index (χ4v) is 2.27. The Morgan fingerprint density at radius 2 is 1.65 bits per heavy atom. The van der Waals surface area contributed by atoms with Crippen LogP contribution in [-0.2, 0) is 0 Å². The van der Waals surface area contributed by atoms with Gasteiger partial charge in [0.2, 0.25) is 0 Å². The molecule has 4 heteroatoms. The van der Waals surface area contributed by atoms with Crippen molar-refractivity contribution in [3.8, 4) is 11.5 Å². The third-order valence-electron chi connectivity index (χ3n) is 3.25. The van der Waals surface area contributed by atoms with Crippen LogP contribution in [0.3, 0.4) is 0 Å². The monoisotopic (exact) mass is 272 g/mol. The van der Waals surface area contributed by atoms with Gasteiger partial charge in [-0.3, -0.25) is 4.98 Å². The topological polar surface area (TPSA) is 43.4 Å². The third kappa shape index (κ3) is 3.08. The third-order valence-corrected chi connectivity index (χ3v) is 3.25. The number of rotatable bonds is 5. The number of nitrogens with one attached hydrogen (secondary N) is 1. The summed E-state index contributed by atoms with van der Waals surface area (Å²) >= 11 is 0. The number of ether oxygens (including phenoxy) is 2. The van der Waals surface area contributed by atoms with Crippen molar-refractivity contribution in [1.82, 2.24) is 10.3 Å². The minimum Gasteiger partial charge on any atom is -0.497 e. The molecule has 0 saturated heterocycles. The normalized spacial score (nSPS) is 12.0. The standard InChI is InChI=1S/C16H20N2O2/c1-11-7-12(5-6-18-11)16(17-2)13-8-14(19-3)10-15(9-13)20-4/h5-10,16-17H,1-4H3. The molecule has 0 spiro atoms. The van der Waals surface area contributed by atoms with Crippen molar-refractivity contribution in [2.45, 2.75) is 13.0 Å². The fraction of sp³-hybridized carbons (Fsp3) is 0.312. The van der Waals surface area contributed by atoms with Crippen LogP contribution in [0.1, 0.15) is 22.9 Å². The quantitative estimate of drug-likeness (QED) is 0.909. The largest absolute Gasteiger partial charge is 0.497 e. The van der Waals surface area contributed by atoms with Gasteiger partial charge in [-0.05, 0) is 49.4 Å². The first-order valence-corrected chi connectivity index (χ1v) is 6.50. The number of methoxy groups -OCH3 is 2. The van der Waals surface area contributed by atoms with Gasteiger partial charge in [0.1, 0.15) is 11.5 Å². The molecule has 0 saturated carbocycles. The van der Waals surface area contributed by atoms with Crippen molar-refractivity contribution in [1.29, 1.82) is 0 Å². The van der Waals surface area contributed by atoms with Crippen LogP contribution in [-0.4, -0.2) is 26.3 Å². The molecule has 0 aliphatic carbocycles. The Bertz CT molecular complexity index is 562. The van der Waals surface area contributed by atoms with Crippen LogP contribution in [0, 0.1) is 6.92 Å². The van der Waals surface area contributed by atoms with Crippen molar-refractivity contribution in [2.24, 2.45) is 0 Å². The molecule has 2 aromatic rings. The predicted molar refractivity (Wildman–Crippen MR) is 79.4 cm³/mol. The van der Waals surface area contributed by atoms with Crippen LogP contribution in [0.2, 0.25) is 0 Å². The molecule has 0 aliphatic heterocycles. The summed E-state index contributed by atoms with van der Waals surface area (Å²) in [4.78, 5) is 4.24. The van der Waals surface area contributed by atoms with E-state index in [0.717, 1.165) is 28.3 Å². The second-order valence-corrected chi connectivity index (χ2v) is 4.60. The van der Waals surface area contributed by atoms with Crippen LogP contribution in [0.5, 0.6) is 11.5 Å². The molecule has 4 nitrogen and oxygen atoms in total. The average molecular weight is 272 g/mol. The number of hydrogen-bond acceptors (Lipinski definition) is 4. The lowest BCUT2D eigenvalue weighted by molar-refractivity contribution is 0.392. The van der Waals surface area contributed by atoms with Crippen molar-refractivity contribution >= 4 is 0 Å². The fourth-order valence-electron chi connectivity index (χ4n) is 2.27. The average Bonchev–Trinajstić information content (AvgIpc) is 2.47. The van der Waals surface area contributed by atoms with Gasteiger partial charge in [-0.2, -0.15) is 0 Å². The van der Waals surface area contributed by atoms with Gasteiger partial charge in [-0.15, -0.1) is 0 Å². The highest BCUT2D eigenvalue weighted by Crippen LogP contribution is 2.29. The lowest BCUT2D eigenvalue weighted by atomic mass is 9.98. The van der Waals surface area contributed by atoms with E-state index in [9.17, 15) is 0 Å². The molecule has 0 radical (unpaired) electrons. The maximum atomic E-state index is 5.33. The zero-order valence-corrected chi connectivity index (χ0v) is 12.3. The van der Waals surface area contributed by atoms with Crippen LogP contribution in [0.4, 0.5) is 0 Å². The van der Waals surface area contributed by atoms with Crippen LogP contribution in [0.25, 0.3) is 0 Å². The summed E-state index contributed by atoms with van der Waals surface area (Å²) in [5, 5.41) is 3.33. The van der Waals surface area contributed by atoms with E-state index in [0.29, 0.717) is 0 Å². The first-order valence-electron chi connectivity index (χ1n) is 6.50. The van der Waals surface area contributed by atoms with Gasteiger partial charge in [-0.25, -0.2) is 0 Å². The highest BCUT2D eigenvalue weighted by molar-refractivity contribution is 5.43. The molecule has 106 valence electrons. The van der Waals surface area contributed by atoms with Crippen LogP contribution < -0.4 is 14.8 Å². The van der Waals surface area contributed by atoms with E-state index in [4.69, 9.17) is 9.47 Å². The molecule has 1 atom stereocenters. The molecule has 1 unspecified atom stereocenters. The predicted octanol–water partition coefficient (Wildman–Crippen LogP) is 2.72. The van der Waals surface area contributed by atoms with Gasteiger partial charge in [0.05, 0.1) is 20.3 Å². The highest BCUT2D eigenvalue weighted by atomic mass is 16.5. The Hall–Kier alpha value is -2.07. The molecule has 2 rings (SSSR count). The lowest BCUT2D eigenvalue weighted by Crippen LogP contribution is -2.18. The molecule has 1 aromatic carbocycles. The summed E-state index contributed by atoms with van der Waals surface area (Å²) in [5.41, 5.74) is 3.25. The van der Waals surface area contributed by atoms with E-state index >= 15 is 0 Å². The second kappa shape index (κ2) is 6.39. The van der Waals surface area contributed by atoms with E-state index in [1.807, 2.05) is 44.4 Å². The Kier molecular flexibility index (Phi) is 4.58. The summed E-state index contributed by atoms with van der Waals surface area (Å²) in [6.07, 6.45) is 1.83. The van der Waals surface area contributed by atoms with Gasteiger partial charge >= 0.3 is 0 Å². The van der Waals surface area contributed by atoms with Gasteiger partial charge < -0.3 is 14.8 Å². The van der Waals surface area contributed by atoms with Crippen LogP contribution >= 0.6 is 0 Å². The number of hydrogen-bond donors (Lipinski definition) is 1. The number of nitrogens with zero attached hydrogens (tertiary/aromatic N) is 1. The number of pyridine rings is 1. The number of aromatic nitrogens is 1. The minimum atomic E-state index is 0.0701. The van der Waals surface area contributed by atoms with Gasteiger partial charge in [0.25, 0.3) is 0 Å². The van der Waals surface area contributed by atoms with Gasteiger partial charge in [0.15, 0.2) is 0 Å². The Balaban J connectivity index is 2.45. The molecule has 0 amide bonds. The zero-order valence-electron chi connectivity index (χ0n) is 12.3. The highest BCUT2D eigenvalue weighted by Gasteiger charge is 2.14. The Morgan fingerprint density at radius 3 is 2.15 bits per heavy atom. The van der Waals surface area contributed by atoms with E-state index in [1.165, 1.54) is 0 Å². The second-order valence-electron chi connectivity index (χ2n) is 4.60. The summed E-state index contributed by atoms with van der Waals surface area (Å²) in [7, 11) is 5.25. The van der Waals surface area contributed by atoms with Gasteiger partial charge in [0, 0.05) is 18.0 Å². The molecule has 1 aromatic heterocycles. The smallest absolute Gasteiger partial charge is 0.122 e. The van der Waals surface area contributed by atoms with Gasteiger partial charge in [-0.1, -0.05) is 0 Å². The summed E-state index contributed by atoms with van der Waals surface area (Å²) in [6, 6.07) is 10.1. The lowest BCUT2D eigenvalue weighted by Gasteiger charge is -2.19. The first-order chi connectivity index (χ1) is 9.67. The number of aryl methyl sites for hydroxylation is 1. The Morgan fingerprint density at radius 1 is 1.00 bits per heavy atom. The van der Waals surface area contributed by atoms with Crippen LogP contribution in [0.15, 0.2) is 36.5 Å². The molecule has 1 N–H and O–H groups in total. The molecule has 0 fully saturated rings. The van der Waals surface area contributed by atoms with Crippen molar-refractivity contribution in [2.75, 3.05) is 21.3 Å². The van der Waals surface area contributed by atoms with Crippen molar-refractivity contribution in [3.05, 3.63) is 53.3 Å². The summed E-state index contributed by atoms with van der Waals surface area (Å²) in [6.45, 7) is 1.99. The molecule has 1 heterocycles. The molecule has 0 aliphatic rings. The van der Waals surface area contributed by atoms with E-state index in [2.05, 4.69) is 16.4 Å². The molecule has 20 heavy (non-hydrogen) atoms. The number of benzene rings is 1. The molecule has 0 bridgehead atoms. The zero-order chi connectivity index (χ0) is 14.5. The van der Waals surface area contributed by atoms with E-state index < -0.39 is 0 Å². The molecular formula is C16H20N2O2.